The van der Waals surface area contributed by atoms with E-state index < -0.39 is 0 Å². The molecular weight excluding hydrogens is 517 g/mol. The summed E-state index contributed by atoms with van der Waals surface area (Å²) in [5, 5.41) is 4.91. The quantitative estimate of drug-likeness (QED) is 0.320. The first-order valence-electron chi connectivity index (χ1n) is 11.2. The minimum Gasteiger partial charge on any atom is -0.332 e. The molecule has 3 amide bonds. The second-order valence-corrected chi connectivity index (χ2v) is 10.1. The summed E-state index contributed by atoms with van der Waals surface area (Å²) in [6, 6.07) is 15.1. The molecule has 0 bridgehead atoms. The Morgan fingerprint density at radius 3 is 2.41 bits per heavy atom. The van der Waals surface area contributed by atoms with Crippen molar-refractivity contribution >= 4 is 44.9 Å². The van der Waals surface area contributed by atoms with Crippen molar-refractivity contribution in [3.8, 4) is 0 Å². The molecule has 0 spiro atoms. The minimum atomic E-state index is -0.330. The van der Waals surface area contributed by atoms with Crippen molar-refractivity contribution in [3.05, 3.63) is 86.3 Å². The fourth-order valence-electron chi connectivity index (χ4n) is 3.43. The summed E-state index contributed by atoms with van der Waals surface area (Å²) < 4.78 is 14.2. The van der Waals surface area contributed by atoms with Crippen LogP contribution in [0.3, 0.4) is 0 Å². The van der Waals surface area contributed by atoms with Gasteiger partial charge in [-0.2, -0.15) is 0 Å². The molecular formula is C26H29BrFN3O2S. The Morgan fingerprint density at radius 1 is 1.09 bits per heavy atom. The SMILES string of the molecule is CCC(C)N(CC(=O)N(Cc1ccc(F)cc1)Cc1sccc1C)C(=O)Nc1ccccc1Br. The van der Waals surface area contributed by atoms with E-state index in [1.54, 1.807) is 39.3 Å². The molecule has 3 rings (SSSR count). The van der Waals surface area contributed by atoms with Crippen LogP contribution < -0.4 is 5.32 Å². The van der Waals surface area contributed by atoms with Crippen LogP contribution in [0.25, 0.3) is 0 Å². The van der Waals surface area contributed by atoms with Crippen LogP contribution in [0.1, 0.15) is 36.3 Å². The number of nitrogens with zero attached hydrogens (tertiary/aromatic N) is 2. The largest absolute Gasteiger partial charge is 0.332 e. The summed E-state index contributed by atoms with van der Waals surface area (Å²) in [5.41, 5.74) is 2.59. The number of thiophene rings is 1. The number of amides is 3. The van der Waals surface area contributed by atoms with Gasteiger partial charge in [-0.1, -0.05) is 31.2 Å². The van der Waals surface area contributed by atoms with Gasteiger partial charge in [0.05, 0.1) is 12.2 Å². The monoisotopic (exact) mass is 545 g/mol. The number of aryl methyl sites for hydroxylation is 1. The van der Waals surface area contributed by atoms with E-state index in [-0.39, 0.29) is 30.3 Å². The lowest BCUT2D eigenvalue weighted by Gasteiger charge is -2.31. The van der Waals surface area contributed by atoms with Gasteiger partial charge in [-0.05, 0) is 83.0 Å². The van der Waals surface area contributed by atoms with Gasteiger partial charge in [-0.3, -0.25) is 4.79 Å². The Balaban J connectivity index is 1.81. The highest BCUT2D eigenvalue weighted by Crippen LogP contribution is 2.23. The minimum absolute atomic E-state index is 0.0586. The lowest BCUT2D eigenvalue weighted by Crippen LogP contribution is -2.47. The highest BCUT2D eigenvalue weighted by Gasteiger charge is 2.26. The third-order valence-electron chi connectivity index (χ3n) is 5.75. The number of anilines is 1. The lowest BCUT2D eigenvalue weighted by molar-refractivity contribution is -0.133. The summed E-state index contributed by atoms with van der Waals surface area (Å²) >= 11 is 5.05. The smallest absolute Gasteiger partial charge is 0.322 e. The number of hydrogen-bond acceptors (Lipinski definition) is 3. The molecule has 3 aromatic rings. The van der Waals surface area contributed by atoms with Gasteiger partial charge in [0.25, 0.3) is 0 Å². The molecule has 180 valence electrons. The third-order valence-corrected chi connectivity index (χ3v) is 7.45. The predicted octanol–water partition coefficient (Wildman–Crippen LogP) is 6.82. The Hall–Kier alpha value is -2.71. The van der Waals surface area contributed by atoms with Crippen LogP contribution in [-0.2, 0) is 17.9 Å². The molecule has 0 aliphatic rings. The number of hydrogen-bond donors (Lipinski definition) is 1. The average Bonchev–Trinajstić information content (AvgIpc) is 3.23. The lowest BCUT2D eigenvalue weighted by atomic mass is 10.2. The van der Waals surface area contributed by atoms with Gasteiger partial charge >= 0.3 is 6.03 Å². The molecule has 1 N–H and O–H groups in total. The number of carbonyl (C=O) groups is 2. The molecule has 5 nitrogen and oxygen atoms in total. The summed E-state index contributed by atoms with van der Waals surface area (Å²) in [4.78, 5) is 31.1. The maximum Gasteiger partial charge on any atom is 0.322 e. The maximum atomic E-state index is 13.5. The van der Waals surface area contributed by atoms with E-state index in [0.717, 1.165) is 20.5 Å². The average molecular weight is 547 g/mol. The third kappa shape index (κ3) is 6.90. The standard InChI is InChI=1S/C26H29BrFN3O2S/c1-4-19(3)31(26(33)29-23-8-6-5-7-22(23)27)17-25(32)30(16-24-18(2)13-14-34-24)15-20-9-11-21(28)12-10-20/h5-14,19H,4,15-17H2,1-3H3,(H,29,33). The Bertz CT molecular complexity index is 1120. The van der Waals surface area contributed by atoms with Gasteiger partial charge in [0.1, 0.15) is 12.4 Å². The molecule has 1 heterocycles. The Morgan fingerprint density at radius 2 is 1.79 bits per heavy atom. The molecule has 1 unspecified atom stereocenters. The normalized spacial score (nSPS) is 11.7. The molecule has 1 atom stereocenters. The van der Waals surface area contributed by atoms with Crippen LogP contribution in [0.15, 0.2) is 64.5 Å². The number of urea groups is 1. The fourth-order valence-corrected chi connectivity index (χ4v) is 4.73. The van der Waals surface area contributed by atoms with E-state index in [1.807, 2.05) is 50.4 Å². The Kier molecular flexibility index (Phi) is 9.24. The van der Waals surface area contributed by atoms with Crippen LogP contribution in [0, 0.1) is 12.7 Å². The van der Waals surface area contributed by atoms with Crippen molar-refractivity contribution in [1.82, 2.24) is 9.80 Å². The van der Waals surface area contributed by atoms with Crippen LogP contribution >= 0.6 is 27.3 Å². The zero-order chi connectivity index (χ0) is 24.7. The van der Waals surface area contributed by atoms with Crippen molar-refractivity contribution in [2.75, 3.05) is 11.9 Å². The van der Waals surface area contributed by atoms with Crippen LogP contribution in [-0.4, -0.2) is 34.3 Å². The number of halogens is 2. The van der Waals surface area contributed by atoms with E-state index in [1.165, 1.54) is 12.1 Å². The van der Waals surface area contributed by atoms with Crippen molar-refractivity contribution in [1.29, 1.82) is 0 Å². The fraction of sp³-hybridized carbons (Fsp3) is 0.308. The van der Waals surface area contributed by atoms with Crippen molar-refractivity contribution in [3.63, 3.8) is 0 Å². The molecule has 0 radical (unpaired) electrons. The van der Waals surface area contributed by atoms with Crippen molar-refractivity contribution in [2.24, 2.45) is 0 Å². The summed E-state index contributed by atoms with van der Waals surface area (Å²) in [5.74, 6) is -0.484. The summed E-state index contributed by atoms with van der Waals surface area (Å²) in [7, 11) is 0. The first kappa shape index (κ1) is 25.9. The predicted molar refractivity (Wildman–Crippen MR) is 139 cm³/mol. The summed E-state index contributed by atoms with van der Waals surface area (Å²) in [6.07, 6.45) is 0.707. The van der Waals surface area contributed by atoms with Crippen LogP contribution in [0.2, 0.25) is 0 Å². The number of rotatable bonds is 9. The second kappa shape index (κ2) is 12.1. The van der Waals surface area contributed by atoms with E-state index >= 15 is 0 Å². The number of carbonyl (C=O) groups excluding carboxylic acids is 2. The van der Waals surface area contributed by atoms with Gasteiger partial charge in [-0.15, -0.1) is 11.3 Å². The van der Waals surface area contributed by atoms with E-state index in [9.17, 15) is 14.0 Å². The summed E-state index contributed by atoms with van der Waals surface area (Å²) in [6.45, 7) is 6.64. The van der Waals surface area contributed by atoms with E-state index in [2.05, 4.69) is 21.2 Å². The first-order chi connectivity index (χ1) is 16.3. The van der Waals surface area contributed by atoms with Gasteiger partial charge < -0.3 is 15.1 Å². The van der Waals surface area contributed by atoms with Gasteiger partial charge in [-0.25, -0.2) is 9.18 Å². The van der Waals surface area contributed by atoms with Crippen molar-refractivity contribution in [2.45, 2.75) is 46.3 Å². The number of para-hydroxylation sites is 1. The number of nitrogens with one attached hydrogen (secondary N) is 1. The second-order valence-electron chi connectivity index (χ2n) is 8.20. The molecule has 0 fully saturated rings. The highest BCUT2D eigenvalue weighted by molar-refractivity contribution is 9.10. The zero-order valence-corrected chi connectivity index (χ0v) is 22.0. The zero-order valence-electron chi connectivity index (χ0n) is 19.6. The molecule has 34 heavy (non-hydrogen) atoms. The topological polar surface area (TPSA) is 52.7 Å². The molecule has 8 heteroatoms. The number of benzene rings is 2. The molecule has 2 aromatic carbocycles. The molecule has 0 aliphatic heterocycles. The van der Waals surface area contributed by atoms with E-state index in [4.69, 9.17) is 0 Å². The molecule has 0 aliphatic carbocycles. The highest BCUT2D eigenvalue weighted by atomic mass is 79.9. The van der Waals surface area contributed by atoms with Gasteiger partial charge in [0, 0.05) is 21.9 Å². The maximum absolute atomic E-state index is 13.5. The van der Waals surface area contributed by atoms with Crippen molar-refractivity contribution < 1.29 is 14.0 Å². The molecule has 1 aromatic heterocycles. The van der Waals surface area contributed by atoms with Gasteiger partial charge in [0.15, 0.2) is 0 Å². The first-order valence-corrected chi connectivity index (χ1v) is 12.8. The molecule has 0 saturated carbocycles. The van der Waals surface area contributed by atoms with Gasteiger partial charge in [0.2, 0.25) is 5.91 Å². The van der Waals surface area contributed by atoms with Crippen LogP contribution in [0.5, 0.6) is 0 Å². The Labute approximate surface area is 212 Å². The van der Waals surface area contributed by atoms with Crippen LogP contribution in [0.4, 0.5) is 14.9 Å². The van der Waals surface area contributed by atoms with E-state index in [0.29, 0.717) is 25.2 Å². The molecule has 0 saturated heterocycles.